The van der Waals surface area contributed by atoms with Crippen LogP contribution in [0.3, 0.4) is 0 Å². The van der Waals surface area contributed by atoms with Crippen molar-refractivity contribution in [3.05, 3.63) is 46.6 Å². The van der Waals surface area contributed by atoms with Gasteiger partial charge in [0, 0.05) is 12.3 Å². The van der Waals surface area contributed by atoms with E-state index in [1.807, 2.05) is 51.1 Å². The molecule has 0 aliphatic rings. The number of aromatic nitrogens is 2. The van der Waals surface area contributed by atoms with Crippen molar-refractivity contribution in [3.8, 4) is 0 Å². The van der Waals surface area contributed by atoms with E-state index in [2.05, 4.69) is 20.8 Å². The lowest BCUT2D eigenvalue weighted by atomic mass is 9.98. The molecule has 0 radical (unpaired) electrons. The Hall–Kier alpha value is -2.54. The monoisotopic (exact) mass is 344 g/mol. The number of amides is 2. The highest BCUT2D eigenvalue weighted by Gasteiger charge is 2.21. The zero-order chi connectivity index (χ0) is 17.7. The van der Waals surface area contributed by atoms with Gasteiger partial charge in [0.15, 0.2) is 0 Å². The SMILES string of the molecule is CC(=O)N/C(=C\c1ccccc1)C(=O)Nc1nnc(C(C)(C)C)s1. The van der Waals surface area contributed by atoms with Crippen molar-refractivity contribution in [2.24, 2.45) is 0 Å². The molecule has 0 aliphatic heterocycles. The summed E-state index contributed by atoms with van der Waals surface area (Å²) in [5.41, 5.74) is 0.825. The Morgan fingerprint density at radius 1 is 1.12 bits per heavy atom. The van der Waals surface area contributed by atoms with E-state index in [4.69, 9.17) is 0 Å². The molecule has 2 rings (SSSR count). The highest BCUT2D eigenvalue weighted by atomic mass is 32.1. The number of benzene rings is 1. The van der Waals surface area contributed by atoms with E-state index >= 15 is 0 Å². The van der Waals surface area contributed by atoms with E-state index in [0.717, 1.165) is 10.6 Å². The molecule has 0 atom stereocenters. The normalized spacial score (nSPS) is 11.9. The molecule has 0 aliphatic carbocycles. The van der Waals surface area contributed by atoms with Crippen LogP contribution in [0, 0.1) is 0 Å². The molecule has 0 bridgehead atoms. The lowest BCUT2D eigenvalue weighted by molar-refractivity contribution is -0.120. The van der Waals surface area contributed by atoms with Crippen molar-refractivity contribution in [2.45, 2.75) is 33.1 Å². The molecule has 1 aromatic heterocycles. The van der Waals surface area contributed by atoms with Crippen LogP contribution in [0.5, 0.6) is 0 Å². The fraction of sp³-hybridized carbons (Fsp3) is 0.294. The summed E-state index contributed by atoms with van der Waals surface area (Å²) < 4.78 is 0. The van der Waals surface area contributed by atoms with Gasteiger partial charge in [-0.1, -0.05) is 62.4 Å². The van der Waals surface area contributed by atoms with E-state index in [9.17, 15) is 9.59 Å². The molecule has 6 nitrogen and oxygen atoms in total. The summed E-state index contributed by atoms with van der Waals surface area (Å²) in [5.74, 6) is -0.759. The van der Waals surface area contributed by atoms with Crippen molar-refractivity contribution in [2.75, 3.05) is 5.32 Å². The van der Waals surface area contributed by atoms with Crippen LogP contribution in [0.1, 0.15) is 38.3 Å². The zero-order valence-corrected chi connectivity index (χ0v) is 14.9. The molecule has 2 N–H and O–H groups in total. The lowest BCUT2D eigenvalue weighted by Gasteiger charge is -2.12. The first-order valence-electron chi connectivity index (χ1n) is 7.45. The number of nitrogens with one attached hydrogen (secondary N) is 2. The van der Waals surface area contributed by atoms with Gasteiger partial charge in [-0.15, -0.1) is 10.2 Å². The van der Waals surface area contributed by atoms with Gasteiger partial charge in [0.1, 0.15) is 10.7 Å². The largest absolute Gasteiger partial charge is 0.322 e. The fourth-order valence-electron chi connectivity index (χ4n) is 1.81. The van der Waals surface area contributed by atoms with E-state index in [0.29, 0.717) is 5.13 Å². The molecule has 0 spiro atoms. The smallest absolute Gasteiger partial charge is 0.274 e. The number of hydrogen-bond acceptors (Lipinski definition) is 5. The minimum atomic E-state index is -0.439. The first kappa shape index (κ1) is 17.8. The van der Waals surface area contributed by atoms with Gasteiger partial charge in [0.05, 0.1) is 0 Å². The van der Waals surface area contributed by atoms with Crippen LogP contribution in [-0.4, -0.2) is 22.0 Å². The predicted molar refractivity (Wildman–Crippen MR) is 95.5 cm³/mol. The van der Waals surface area contributed by atoms with Crippen molar-refractivity contribution in [1.82, 2.24) is 15.5 Å². The predicted octanol–water partition coefficient (Wildman–Crippen LogP) is 2.95. The molecule has 0 saturated heterocycles. The van der Waals surface area contributed by atoms with Gasteiger partial charge in [-0.2, -0.15) is 0 Å². The summed E-state index contributed by atoms with van der Waals surface area (Å²) in [6, 6.07) is 9.28. The Morgan fingerprint density at radius 3 is 2.33 bits per heavy atom. The van der Waals surface area contributed by atoms with Crippen LogP contribution in [0.2, 0.25) is 0 Å². The molecule has 24 heavy (non-hydrogen) atoms. The van der Waals surface area contributed by atoms with Gasteiger partial charge in [-0.25, -0.2) is 0 Å². The van der Waals surface area contributed by atoms with Gasteiger partial charge in [0.25, 0.3) is 5.91 Å². The van der Waals surface area contributed by atoms with Crippen molar-refractivity contribution < 1.29 is 9.59 Å². The number of carbonyl (C=O) groups is 2. The molecule has 7 heteroatoms. The maximum atomic E-state index is 12.5. The maximum Gasteiger partial charge on any atom is 0.274 e. The van der Waals surface area contributed by atoms with Crippen LogP contribution in [-0.2, 0) is 15.0 Å². The average molecular weight is 344 g/mol. The molecule has 1 aromatic carbocycles. The second-order valence-corrected chi connectivity index (χ2v) is 7.24. The second kappa shape index (κ2) is 7.35. The minimum Gasteiger partial charge on any atom is -0.322 e. The second-order valence-electron chi connectivity index (χ2n) is 6.27. The third-order valence-electron chi connectivity index (χ3n) is 2.95. The number of rotatable bonds is 4. The van der Waals surface area contributed by atoms with Gasteiger partial charge in [-0.3, -0.25) is 14.9 Å². The standard InChI is InChI=1S/C17H20N4O2S/c1-11(22)18-13(10-12-8-6-5-7-9-12)14(23)19-16-21-20-15(24-16)17(2,3)4/h5-10H,1-4H3,(H,18,22)(H,19,21,23)/b13-10-. The first-order chi connectivity index (χ1) is 11.3. The first-order valence-corrected chi connectivity index (χ1v) is 8.27. The molecule has 2 amide bonds. The number of nitrogens with zero attached hydrogens (tertiary/aromatic N) is 2. The summed E-state index contributed by atoms with van der Waals surface area (Å²) >= 11 is 1.32. The number of carbonyl (C=O) groups excluding carboxylic acids is 2. The van der Waals surface area contributed by atoms with Crippen molar-refractivity contribution >= 4 is 34.4 Å². The summed E-state index contributed by atoms with van der Waals surface area (Å²) in [5, 5.41) is 14.5. The van der Waals surface area contributed by atoms with Crippen LogP contribution in [0.4, 0.5) is 5.13 Å². The van der Waals surface area contributed by atoms with Crippen LogP contribution >= 0.6 is 11.3 Å². The highest BCUT2D eigenvalue weighted by Crippen LogP contribution is 2.27. The molecule has 0 unspecified atom stereocenters. The third-order valence-corrected chi connectivity index (χ3v) is 4.22. The van der Waals surface area contributed by atoms with Gasteiger partial charge in [0.2, 0.25) is 11.0 Å². The van der Waals surface area contributed by atoms with Crippen LogP contribution in [0.25, 0.3) is 6.08 Å². The van der Waals surface area contributed by atoms with Crippen LogP contribution in [0.15, 0.2) is 36.0 Å². The van der Waals surface area contributed by atoms with Crippen molar-refractivity contribution in [3.63, 3.8) is 0 Å². The highest BCUT2D eigenvalue weighted by molar-refractivity contribution is 7.15. The molecular weight excluding hydrogens is 324 g/mol. The Kier molecular flexibility index (Phi) is 5.46. The Balaban J connectivity index is 2.21. The quantitative estimate of drug-likeness (QED) is 0.835. The zero-order valence-electron chi connectivity index (χ0n) is 14.1. The molecule has 2 aromatic rings. The van der Waals surface area contributed by atoms with Gasteiger partial charge < -0.3 is 5.32 Å². The minimum absolute atomic E-state index is 0.138. The third kappa shape index (κ3) is 4.99. The molecular formula is C17H20N4O2S. The molecule has 0 saturated carbocycles. The maximum absolute atomic E-state index is 12.5. The number of hydrogen-bond donors (Lipinski definition) is 2. The van der Waals surface area contributed by atoms with E-state index in [-0.39, 0.29) is 17.0 Å². The topological polar surface area (TPSA) is 84.0 Å². The summed E-state index contributed by atoms with van der Waals surface area (Å²) in [6.45, 7) is 7.43. The van der Waals surface area contributed by atoms with Crippen molar-refractivity contribution in [1.29, 1.82) is 0 Å². The molecule has 0 fully saturated rings. The Labute approximate surface area is 145 Å². The van der Waals surface area contributed by atoms with Gasteiger partial charge in [-0.05, 0) is 11.6 Å². The summed E-state index contributed by atoms with van der Waals surface area (Å²) in [4.78, 5) is 23.8. The molecule has 126 valence electrons. The molecule has 1 heterocycles. The van der Waals surface area contributed by atoms with E-state index in [1.54, 1.807) is 6.08 Å². The van der Waals surface area contributed by atoms with Crippen LogP contribution < -0.4 is 10.6 Å². The average Bonchev–Trinajstić information content (AvgIpc) is 2.96. The Morgan fingerprint density at radius 2 is 1.79 bits per heavy atom. The summed E-state index contributed by atoms with van der Waals surface area (Å²) in [7, 11) is 0. The number of anilines is 1. The fourth-order valence-corrected chi connectivity index (χ4v) is 2.60. The van der Waals surface area contributed by atoms with E-state index in [1.165, 1.54) is 18.3 Å². The summed E-state index contributed by atoms with van der Waals surface area (Å²) in [6.07, 6.45) is 1.61. The van der Waals surface area contributed by atoms with E-state index < -0.39 is 5.91 Å². The Bertz CT molecular complexity index is 760. The lowest BCUT2D eigenvalue weighted by Crippen LogP contribution is -2.28. The van der Waals surface area contributed by atoms with Gasteiger partial charge >= 0.3 is 0 Å².